The molecule has 2 aliphatic carbocycles. The predicted molar refractivity (Wildman–Crippen MR) is 257 cm³/mol. The van der Waals surface area contributed by atoms with Crippen molar-refractivity contribution >= 4 is 44.6 Å². The number of rotatable bonds is 5. The molecule has 0 bridgehead atoms. The lowest BCUT2D eigenvalue weighted by Crippen LogP contribution is -2.28. The lowest BCUT2D eigenvalue weighted by atomic mass is 9.82. The molecule has 6 nitrogen and oxygen atoms in total. The maximum Gasteiger partial charge on any atom is 0.299 e. The maximum absolute atomic E-state index is 14.4. The van der Waals surface area contributed by atoms with Crippen molar-refractivity contribution in [3.8, 4) is 39.1 Å². The number of benzene rings is 8. The monoisotopic (exact) mass is 814 g/mol. The molecule has 0 aliphatic heterocycles. The number of fused-ring (bicyclic) bond motifs is 10. The summed E-state index contributed by atoms with van der Waals surface area (Å²) in [6.07, 6.45) is 0. The summed E-state index contributed by atoms with van der Waals surface area (Å²) in [5, 5.41) is 0.456. The lowest BCUT2D eigenvalue weighted by molar-refractivity contribution is 0.660. The molecule has 63 heavy (non-hydrogen) atoms. The van der Waals surface area contributed by atoms with Crippen LogP contribution in [0.15, 0.2) is 192 Å². The Hall–Kier alpha value is -7.83. The van der Waals surface area contributed by atoms with Crippen LogP contribution in [0, 0.1) is 0 Å². The minimum atomic E-state index is -0.358. The van der Waals surface area contributed by atoms with Gasteiger partial charge < -0.3 is 4.90 Å². The molecule has 302 valence electrons. The number of hydrogen-bond donors (Lipinski definition) is 0. The SMILES string of the molecule is CC1(C)c2ccccc2-c2ccc(N(c3cccc(-c4ccc5c(c4)n4c(=O)c6ccccc6nc4c(=O)n5-c4ccccc4)c3)c3ccc4c(c3)C(C)(C)c3ccccc3-4)cc21. The van der Waals surface area contributed by atoms with E-state index in [1.165, 1.54) is 48.9 Å². The smallest absolute Gasteiger partial charge is 0.299 e. The first-order valence-corrected chi connectivity index (χ1v) is 21.5. The molecule has 0 atom stereocenters. The van der Waals surface area contributed by atoms with Crippen molar-refractivity contribution in [1.82, 2.24) is 14.0 Å². The second-order valence-corrected chi connectivity index (χ2v) is 18.0. The van der Waals surface area contributed by atoms with Crippen LogP contribution in [0.4, 0.5) is 17.1 Å². The largest absolute Gasteiger partial charge is 0.310 e. The lowest BCUT2D eigenvalue weighted by Gasteiger charge is -2.30. The van der Waals surface area contributed by atoms with Crippen LogP contribution in [0.1, 0.15) is 49.9 Å². The Morgan fingerprint density at radius 2 is 1.00 bits per heavy atom. The van der Waals surface area contributed by atoms with Gasteiger partial charge in [-0.25, -0.2) is 4.98 Å². The van der Waals surface area contributed by atoms with E-state index in [1.54, 1.807) is 16.7 Å². The van der Waals surface area contributed by atoms with Gasteiger partial charge in [0, 0.05) is 33.6 Å². The van der Waals surface area contributed by atoms with E-state index in [1.807, 2.05) is 60.7 Å². The fraction of sp³-hybridized carbons (Fsp3) is 0.105. The highest BCUT2D eigenvalue weighted by Gasteiger charge is 2.37. The van der Waals surface area contributed by atoms with Crippen LogP contribution >= 0.6 is 0 Å². The van der Waals surface area contributed by atoms with Gasteiger partial charge in [-0.05, 0) is 128 Å². The molecule has 6 heteroatoms. The number of nitrogens with zero attached hydrogens (tertiary/aromatic N) is 4. The highest BCUT2D eigenvalue weighted by atomic mass is 16.1. The number of anilines is 3. The maximum atomic E-state index is 14.4. The highest BCUT2D eigenvalue weighted by molar-refractivity contribution is 5.91. The van der Waals surface area contributed by atoms with Crippen molar-refractivity contribution in [2.24, 2.45) is 0 Å². The third-order valence-corrected chi connectivity index (χ3v) is 13.7. The quantitative estimate of drug-likeness (QED) is 0.128. The summed E-state index contributed by atoms with van der Waals surface area (Å²) in [4.78, 5) is 35.9. The zero-order valence-corrected chi connectivity index (χ0v) is 35.4. The minimum absolute atomic E-state index is 0.0792. The Kier molecular flexibility index (Phi) is 7.83. The molecule has 2 aliphatic rings. The van der Waals surface area contributed by atoms with Crippen molar-refractivity contribution in [3.05, 3.63) is 225 Å². The molecule has 0 saturated carbocycles. The van der Waals surface area contributed by atoms with Crippen LogP contribution in [0.5, 0.6) is 0 Å². The zero-order chi connectivity index (χ0) is 42.8. The fourth-order valence-electron chi connectivity index (χ4n) is 10.5. The normalized spacial score (nSPS) is 14.1. The first-order valence-electron chi connectivity index (χ1n) is 21.5. The Morgan fingerprint density at radius 1 is 0.444 bits per heavy atom. The van der Waals surface area contributed by atoms with E-state index in [-0.39, 0.29) is 27.6 Å². The van der Waals surface area contributed by atoms with Gasteiger partial charge in [0.05, 0.1) is 21.9 Å². The summed E-state index contributed by atoms with van der Waals surface area (Å²) in [6.45, 7) is 9.30. The number of para-hydroxylation sites is 2. The van der Waals surface area contributed by atoms with Gasteiger partial charge in [-0.1, -0.05) is 137 Å². The van der Waals surface area contributed by atoms with Crippen LogP contribution in [0.3, 0.4) is 0 Å². The Morgan fingerprint density at radius 3 is 1.67 bits per heavy atom. The molecule has 8 aromatic carbocycles. The molecule has 0 spiro atoms. The van der Waals surface area contributed by atoms with Crippen molar-refractivity contribution in [2.45, 2.75) is 38.5 Å². The average Bonchev–Trinajstić information content (AvgIpc) is 3.68. The summed E-state index contributed by atoms with van der Waals surface area (Å²) in [5.74, 6) is 0. The molecule has 0 amide bonds. The fourth-order valence-corrected chi connectivity index (χ4v) is 10.5. The third-order valence-electron chi connectivity index (χ3n) is 13.7. The number of hydrogen-bond acceptors (Lipinski definition) is 4. The summed E-state index contributed by atoms with van der Waals surface area (Å²) >= 11 is 0. The molecular formula is C57H42N4O2. The molecule has 0 N–H and O–H groups in total. The van der Waals surface area contributed by atoms with Crippen LogP contribution in [-0.4, -0.2) is 14.0 Å². The molecule has 10 aromatic rings. The Bertz CT molecular complexity index is 3580. The van der Waals surface area contributed by atoms with E-state index in [0.717, 1.165) is 28.2 Å². The summed E-state index contributed by atoms with van der Waals surface area (Å²) in [6, 6.07) is 62.8. The molecule has 2 heterocycles. The predicted octanol–water partition coefficient (Wildman–Crippen LogP) is 12.9. The third kappa shape index (κ3) is 5.34. The molecule has 0 fully saturated rings. The van der Waals surface area contributed by atoms with E-state index >= 15 is 0 Å². The van der Waals surface area contributed by atoms with Crippen LogP contribution in [-0.2, 0) is 10.8 Å². The van der Waals surface area contributed by atoms with E-state index in [2.05, 4.69) is 142 Å². The van der Waals surface area contributed by atoms with Gasteiger partial charge in [0.1, 0.15) is 0 Å². The standard InChI is InChI=1S/C57H42N4O2/c1-56(2)46-22-11-8-19-41(46)43-28-26-39(33-48(43)56)59(40-27-29-44-42-20-9-12-23-47(42)57(3,4)49(44)34-40)38-18-14-15-35(31-38)36-25-30-51-52(32-36)61-53(55(63)60(51)37-16-6-5-7-17-37)58-50-24-13-10-21-45(50)54(61)62/h5-34H,1-4H3. The average molecular weight is 815 g/mol. The zero-order valence-electron chi connectivity index (χ0n) is 35.4. The van der Waals surface area contributed by atoms with E-state index in [0.29, 0.717) is 27.6 Å². The van der Waals surface area contributed by atoms with E-state index < -0.39 is 0 Å². The molecular weight excluding hydrogens is 773 g/mol. The minimum Gasteiger partial charge on any atom is -0.310 e. The second-order valence-electron chi connectivity index (χ2n) is 18.0. The van der Waals surface area contributed by atoms with Gasteiger partial charge in [-0.3, -0.25) is 18.6 Å². The van der Waals surface area contributed by atoms with Gasteiger partial charge in [0.25, 0.3) is 11.1 Å². The topological polar surface area (TPSA) is 59.6 Å². The second kappa shape index (κ2) is 13.3. The van der Waals surface area contributed by atoms with Crippen molar-refractivity contribution in [1.29, 1.82) is 0 Å². The molecule has 0 unspecified atom stereocenters. The Balaban J connectivity index is 1.07. The Labute approximate surface area is 364 Å². The van der Waals surface area contributed by atoms with Crippen LogP contribution < -0.4 is 16.0 Å². The van der Waals surface area contributed by atoms with Gasteiger partial charge in [0.2, 0.25) is 5.65 Å². The number of aromatic nitrogens is 3. The van der Waals surface area contributed by atoms with E-state index in [4.69, 9.17) is 4.98 Å². The van der Waals surface area contributed by atoms with Gasteiger partial charge in [-0.2, -0.15) is 0 Å². The van der Waals surface area contributed by atoms with Gasteiger partial charge in [0.15, 0.2) is 0 Å². The summed E-state index contributed by atoms with van der Waals surface area (Å²) in [7, 11) is 0. The molecule has 0 saturated heterocycles. The first kappa shape index (κ1) is 37.0. The van der Waals surface area contributed by atoms with Crippen molar-refractivity contribution in [2.75, 3.05) is 4.90 Å². The summed E-state index contributed by atoms with van der Waals surface area (Å²) < 4.78 is 3.16. The van der Waals surface area contributed by atoms with Gasteiger partial charge in [-0.15, -0.1) is 0 Å². The molecule has 2 aromatic heterocycles. The van der Waals surface area contributed by atoms with Crippen molar-refractivity contribution in [3.63, 3.8) is 0 Å². The van der Waals surface area contributed by atoms with Crippen LogP contribution in [0.25, 0.3) is 66.7 Å². The summed E-state index contributed by atoms with van der Waals surface area (Å²) in [5.41, 5.74) is 16.9. The molecule has 12 rings (SSSR count). The molecule has 0 radical (unpaired) electrons. The first-order chi connectivity index (χ1) is 30.6. The van der Waals surface area contributed by atoms with Crippen molar-refractivity contribution < 1.29 is 0 Å². The van der Waals surface area contributed by atoms with Gasteiger partial charge >= 0.3 is 0 Å². The van der Waals surface area contributed by atoms with Crippen LogP contribution in [0.2, 0.25) is 0 Å². The highest BCUT2D eigenvalue weighted by Crippen LogP contribution is 2.53. The van der Waals surface area contributed by atoms with E-state index in [9.17, 15) is 9.59 Å².